The Hall–Kier alpha value is -10.2. The van der Waals surface area contributed by atoms with Gasteiger partial charge in [0, 0.05) is 16.7 Å². The van der Waals surface area contributed by atoms with Gasteiger partial charge in [0.05, 0.1) is 47.6 Å². The Kier molecular flexibility index (Phi) is 18.2. The molecule has 0 bridgehead atoms. The Labute approximate surface area is 541 Å². The molecule has 3 aliphatic heterocycles. The normalized spacial score (nSPS) is 14.2. The molecule has 0 saturated heterocycles. The summed E-state index contributed by atoms with van der Waals surface area (Å²) in [5, 5.41) is 34.0. The standard InChI is InChI=1S/C27H28O5.C26H26O5.C26H26O4/c1-15(2)7-10-18-23(28)22-24(29)20(17-9-8-16(3)21(13-17)30-6)14-31-26(22)19-11-12-27(4,5)32-25(18)19;1-15(2)6-11-18-22(27)21-23(28)20(16-7-9-17(29-5)10-8-16)14-30-25(21)19-12-13-26(3,4)31-24(18)19;1-15(2)6-11-19-24-18(12-13-26(4,5)30-24)22(27)21-23(28)20(14-29-25(19)21)17-9-7-16(3)8-10-17/h7-9,11-14,28H,10H2,1-6H3;6-10,12-14,27H,11H2,1-5H3;6-10,12-14,27H,11H2,1-5H3. The zero-order valence-electron chi connectivity index (χ0n) is 55.7. The first-order valence-corrected chi connectivity index (χ1v) is 30.9. The summed E-state index contributed by atoms with van der Waals surface area (Å²) in [6.07, 6.45) is 23.2. The summed E-state index contributed by atoms with van der Waals surface area (Å²) in [5.41, 5.74) is 11.1. The van der Waals surface area contributed by atoms with E-state index in [4.69, 9.17) is 36.9 Å². The Morgan fingerprint density at radius 1 is 0.452 bits per heavy atom. The van der Waals surface area contributed by atoms with Gasteiger partial charge in [-0.05, 0) is 193 Å². The van der Waals surface area contributed by atoms with Crippen LogP contribution in [0.2, 0.25) is 0 Å². The molecule has 3 aromatic heterocycles. The number of benzene rings is 6. The van der Waals surface area contributed by atoms with Crippen molar-refractivity contribution in [3.63, 3.8) is 0 Å². The van der Waals surface area contributed by atoms with E-state index in [2.05, 4.69) is 6.08 Å². The Morgan fingerprint density at radius 2 is 0.817 bits per heavy atom. The number of aryl methyl sites for hydroxylation is 2. The smallest absolute Gasteiger partial charge is 0.204 e. The van der Waals surface area contributed by atoms with Crippen molar-refractivity contribution in [2.75, 3.05) is 14.2 Å². The SMILES string of the molecule is CC(C)=CCc1c2c(c(O)c3c(=O)c(-c4ccc(C)cc4)coc13)C=CC(C)(C)O2.COc1cc(-c2coc3c4c(c(CC=C(C)C)c(O)c3c2=O)OC(C)(C)C=C4)ccc1C.COc1ccc(-c2coc3c4c(c(CC=C(C)C)c(O)c3c2=O)OC(C)(C)C=C4)cc1. The minimum Gasteiger partial charge on any atom is -0.507 e. The number of phenolic OH excluding ortho intramolecular Hbond substituents is 3. The van der Waals surface area contributed by atoms with Crippen molar-refractivity contribution in [1.82, 2.24) is 0 Å². The molecule has 3 N–H and O–H groups in total. The van der Waals surface area contributed by atoms with E-state index in [9.17, 15) is 29.7 Å². The van der Waals surface area contributed by atoms with Crippen molar-refractivity contribution in [3.05, 3.63) is 214 Å². The van der Waals surface area contributed by atoms with Crippen LogP contribution in [0.3, 0.4) is 0 Å². The number of fused-ring (bicyclic) bond motifs is 8. The zero-order valence-corrected chi connectivity index (χ0v) is 55.7. The summed E-state index contributed by atoms with van der Waals surface area (Å²) < 4.78 is 47.1. The monoisotopic (exact) mass is 1250 g/mol. The van der Waals surface area contributed by atoms with Crippen molar-refractivity contribution >= 4 is 51.1 Å². The van der Waals surface area contributed by atoms with Crippen LogP contribution in [-0.2, 0) is 19.3 Å². The van der Waals surface area contributed by atoms with Gasteiger partial charge in [-0.25, -0.2) is 0 Å². The van der Waals surface area contributed by atoms with Gasteiger partial charge in [-0.1, -0.05) is 89.0 Å². The second-order valence-corrected chi connectivity index (χ2v) is 26.1. The molecular formula is C79H80O14. The van der Waals surface area contributed by atoms with Crippen LogP contribution in [0, 0.1) is 13.8 Å². The lowest BCUT2D eigenvalue weighted by atomic mass is 9.93. The van der Waals surface area contributed by atoms with Crippen LogP contribution < -0.4 is 40.0 Å². The number of ether oxygens (including phenoxy) is 5. The molecule has 0 radical (unpaired) electrons. The molecule has 3 aliphatic rings. The molecule has 0 aliphatic carbocycles. The van der Waals surface area contributed by atoms with Crippen molar-refractivity contribution in [3.8, 4) is 79.4 Å². The molecular weight excluding hydrogens is 1170 g/mol. The predicted molar refractivity (Wildman–Crippen MR) is 372 cm³/mol. The zero-order chi connectivity index (χ0) is 67.2. The maximum absolute atomic E-state index is 13.6. The number of phenols is 3. The highest BCUT2D eigenvalue weighted by atomic mass is 16.5. The van der Waals surface area contributed by atoms with E-state index in [1.54, 1.807) is 44.6 Å². The van der Waals surface area contributed by atoms with Gasteiger partial charge in [0.1, 0.15) is 103 Å². The summed E-state index contributed by atoms with van der Waals surface area (Å²) in [7, 11) is 3.18. The molecule has 9 aromatic rings. The molecule has 0 spiro atoms. The summed E-state index contributed by atoms with van der Waals surface area (Å²) in [6.45, 7) is 27.6. The lowest BCUT2D eigenvalue weighted by Crippen LogP contribution is -2.28. The van der Waals surface area contributed by atoms with Crippen LogP contribution in [0.4, 0.5) is 0 Å². The van der Waals surface area contributed by atoms with Gasteiger partial charge in [-0.3, -0.25) is 14.4 Å². The molecule has 14 nitrogen and oxygen atoms in total. The summed E-state index contributed by atoms with van der Waals surface area (Å²) in [6, 6.07) is 20.4. The first kappa shape index (κ1) is 65.7. The summed E-state index contributed by atoms with van der Waals surface area (Å²) in [5.74, 6) is 2.74. The third-order valence-corrected chi connectivity index (χ3v) is 16.5. The van der Waals surface area contributed by atoms with Gasteiger partial charge < -0.3 is 52.3 Å². The Morgan fingerprint density at radius 3 is 1.24 bits per heavy atom. The van der Waals surface area contributed by atoms with Gasteiger partial charge in [0.2, 0.25) is 16.3 Å². The number of methoxy groups -OCH3 is 2. The van der Waals surface area contributed by atoms with Crippen LogP contribution in [0.1, 0.15) is 128 Å². The van der Waals surface area contributed by atoms with E-state index in [-0.39, 0.29) is 49.7 Å². The molecule has 6 aromatic carbocycles. The number of hydrogen-bond acceptors (Lipinski definition) is 14. The fraction of sp³-hybridized carbons (Fsp3) is 0.278. The molecule has 480 valence electrons. The third-order valence-electron chi connectivity index (χ3n) is 16.5. The van der Waals surface area contributed by atoms with E-state index in [1.165, 1.54) is 18.8 Å². The predicted octanol–water partition coefficient (Wildman–Crippen LogP) is 18.2. The molecule has 6 heterocycles. The number of allylic oxidation sites excluding steroid dienone is 6. The van der Waals surface area contributed by atoms with E-state index in [0.717, 1.165) is 39.0 Å². The van der Waals surface area contributed by atoms with E-state index in [0.29, 0.717) is 120 Å². The second-order valence-electron chi connectivity index (χ2n) is 26.1. The highest BCUT2D eigenvalue weighted by Crippen LogP contribution is 2.48. The maximum Gasteiger partial charge on any atom is 0.204 e. The summed E-state index contributed by atoms with van der Waals surface area (Å²) in [4.78, 5) is 40.5. The molecule has 0 fully saturated rings. The number of hydrogen-bond donors (Lipinski definition) is 3. The number of aromatic hydroxyl groups is 3. The van der Waals surface area contributed by atoms with Crippen LogP contribution in [0.25, 0.3) is 84.5 Å². The molecule has 0 amide bonds. The lowest BCUT2D eigenvalue weighted by Gasteiger charge is -2.30. The van der Waals surface area contributed by atoms with Crippen molar-refractivity contribution in [2.24, 2.45) is 0 Å². The van der Waals surface area contributed by atoms with Gasteiger partial charge in [0.25, 0.3) is 0 Å². The van der Waals surface area contributed by atoms with Crippen molar-refractivity contribution in [2.45, 2.75) is 133 Å². The highest BCUT2D eigenvalue weighted by Gasteiger charge is 2.34. The van der Waals surface area contributed by atoms with Gasteiger partial charge in [-0.15, -0.1) is 0 Å². The first-order valence-electron chi connectivity index (χ1n) is 30.9. The lowest BCUT2D eigenvalue weighted by molar-refractivity contribution is 0.156. The van der Waals surface area contributed by atoms with Gasteiger partial charge >= 0.3 is 0 Å². The quantitative estimate of drug-likeness (QED) is 0.103. The maximum atomic E-state index is 13.6. The molecule has 14 heteroatoms. The largest absolute Gasteiger partial charge is 0.507 e. The minimum absolute atomic E-state index is 0.0959. The minimum atomic E-state index is -0.536. The Bertz CT molecular complexity index is 4830. The first-order chi connectivity index (χ1) is 44.0. The summed E-state index contributed by atoms with van der Waals surface area (Å²) >= 11 is 0. The average molecular weight is 1250 g/mol. The fourth-order valence-corrected chi connectivity index (χ4v) is 11.3. The average Bonchev–Trinajstić information content (AvgIpc) is 0.754. The second kappa shape index (κ2) is 25.8. The molecule has 12 rings (SSSR count). The highest BCUT2D eigenvalue weighted by molar-refractivity contribution is 5.99. The van der Waals surface area contributed by atoms with Crippen LogP contribution in [0.5, 0.6) is 46.0 Å². The van der Waals surface area contributed by atoms with E-state index < -0.39 is 16.8 Å². The molecule has 0 saturated carbocycles. The van der Waals surface area contributed by atoms with Crippen LogP contribution >= 0.6 is 0 Å². The Balaban J connectivity index is 0.000000153. The van der Waals surface area contributed by atoms with Crippen LogP contribution in [0.15, 0.2) is 166 Å². The fourth-order valence-electron chi connectivity index (χ4n) is 11.3. The molecule has 0 atom stereocenters. The van der Waals surface area contributed by atoms with Gasteiger partial charge in [0.15, 0.2) is 11.2 Å². The molecule has 0 unspecified atom stereocenters. The third kappa shape index (κ3) is 13.3. The number of rotatable bonds is 11. The van der Waals surface area contributed by atoms with Crippen molar-refractivity contribution in [1.29, 1.82) is 0 Å². The topological polar surface area (TPSA) is 197 Å². The molecule has 93 heavy (non-hydrogen) atoms. The van der Waals surface area contributed by atoms with E-state index >= 15 is 0 Å². The van der Waals surface area contributed by atoms with Crippen LogP contribution in [-0.4, -0.2) is 46.3 Å². The van der Waals surface area contributed by atoms with Crippen molar-refractivity contribution < 1.29 is 52.3 Å². The van der Waals surface area contributed by atoms with Gasteiger partial charge in [-0.2, -0.15) is 0 Å². The van der Waals surface area contributed by atoms with E-state index in [1.807, 2.05) is 182 Å².